The van der Waals surface area contributed by atoms with E-state index in [2.05, 4.69) is 27.7 Å². The van der Waals surface area contributed by atoms with Gasteiger partial charge in [-0.3, -0.25) is 9.59 Å². The summed E-state index contributed by atoms with van der Waals surface area (Å²) in [7, 11) is 0. The third-order valence-corrected chi connectivity index (χ3v) is 6.42. The van der Waals surface area contributed by atoms with Crippen LogP contribution in [0, 0.1) is 6.92 Å². The molecule has 5 nitrogen and oxygen atoms in total. The molecule has 2 aromatic carbocycles. The molecule has 1 atom stereocenters. The van der Waals surface area contributed by atoms with Crippen molar-refractivity contribution in [3.63, 3.8) is 0 Å². The molecule has 0 spiro atoms. The summed E-state index contributed by atoms with van der Waals surface area (Å²) in [5, 5.41) is 5.49. The molecule has 0 aromatic heterocycles. The molecule has 30 heavy (non-hydrogen) atoms. The summed E-state index contributed by atoms with van der Waals surface area (Å²) in [6.45, 7) is 6.03. The van der Waals surface area contributed by atoms with Gasteiger partial charge in [0.25, 0.3) is 0 Å². The van der Waals surface area contributed by atoms with Crippen LogP contribution >= 0.6 is 11.8 Å². The van der Waals surface area contributed by atoms with E-state index < -0.39 is 0 Å². The van der Waals surface area contributed by atoms with Crippen LogP contribution in [-0.4, -0.2) is 35.9 Å². The summed E-state index contributed by atoms with van der Waals surface area (Å²) in [6.07, 6.45) is 5.10. The molecule has 160 valence electrons. The van der Waals surface area contributed by atoms with Crippen LogP contribution < -0.4 is 15.5 Å². The number of hydrogen-bond acceptors (Lipinski definition) is 4. The molecule has 0 saturated carbocycles. The maximum absolute atomic E-state index is 12.5. The maximum Gasteiger partial charge on any atom is 0.237 e. The van der Waals surface area contributed by atoms with E-state index in [0.717, 1.165) is 30.0 Å². The molecule has 0 aliphatic carbocycles. The van der Waals surface area contributed by atoms with Crippen LogP contribution in [0.5, 0.6) is 0 Å². The van der Waals surface area contributed by atoms with Gasteiger partial charge in [-0.2, -0.15) is 0 Å². The second-order valence-electron chi connectivity index (χ2n) is 7.80. The van der Waals surface area contributed by atoms with Crippen molar-refractivity contribution in [2.45, 2.75) is 44.8 Å². The molecule has 0 bridgehead atoms. The van der Waals surface area contributed by atoms with Crippen LogP contribution in [0.1, 0.15) is 38.2 Å². The topological polar surface area (TPSA) is 61.4 Å². The van der Waals surface area contributed by atoms with Crippen molar-refractivity contribution < 1.29 is 9.59 Å². The average Bonchev–Trinajstić information content (AvgIpc) is 3.04. The number of hydrogen-bond donors (Lipinski definition) is 2. The second kappa shape index (κ2) is 11.1. The van der Waals surface area contributed by atoms with Gasteiger partial charge in [0, 0.05) is 30.2 Å². The lowest BCUT2D eigenvalue weighted by atomic mass is 10.2. The molecule has 2 aromatic rings. The molecular weight excluding hydrogens is 394 g/mol. The Bertz CT molecular complexity index is 829. The smallest absolute Gasteiger partial charge is 0.237 e. The monoisotopic (exact) mass is 425 g/mol. The van der Waals surface area contributed by atoms with Gasteiger partial charge in [-0.25, -0.2) is 0 Å². The first-order valence-corrected chi connectivity index (χ1v) is 11.7. The van der Waals surface area contributed by atoms with E-state index in [1.807, 2.05) is 50.2 Å². The van der Waals surface area contributed by atoms with Crippen molar-refractivity contribution in [3.8, 4) is 0 Å². The standard InChI is InChI=1S/C24H31N3O2S/c1-18-7-9-20(10-8-18)25-23(28)17-30-19(2)24(29)26-21-11-13-22(14-12-21)27-15-5-3-4-6-16-27/h7-14,19H,3-6,15-17H2,1-2H3,(H,25,28)(H,26,29)/t19-/m1/s1. The highest BCUT2D eigenvalue weighted by molar-refractivity contribution is 8.01. The summed E-state index contributed by atoms with van der Waals surface area (Å²) >= 11 is 1.33. The van der Waals surface area contributed by atoms with Gasteiger partial charge in [-0.05, 0) is 63.1 Å². The quantitative estimate of drug-likeness (QED) is 0.650. The van der Waals surface area contributed by atoms with Crippen LogP contribution in [0.4, 0.5) is 17.1 Å². The van der Waals surface area contributed by atoms with Crippen LogP contribution in [0.15, 0.2) is 48.5 Å². The molecule has 1 heterocycles. The van der Waals surface area contributed by atoms with Crippen LogP contribution in [0.25, 0.3) is 0 Å². The van der Waals surface area contributed by atoms with Gasteiger partial charge in [-0.15, -0.1) is 11.8 Å². The van der Waals surface area contributed by atoms with Gasteiger partial charge in [0.05, 0.1) is 11.0 Å². The van der Waals surface area contributed by atoms with Gasteiger partial charge < -0.3 is 15.5 Å². The van der Waals surface area contributed by atoms with Crippen LogP contribution in [-0.2, 0) is 9.59 Å². The minimum absolute atomic E-state index is 0.0920. The Morgan fingerprint density at radius 2 is 1.47 bits per heavy atom. The number of rotatable bonds is 7. The third kappa shape index (κ3) is 6.80. The van der Waals surface area contributed by atoms with Crippen LogP contribution in [0.3, 0.4) is 0 Å². The predicted octanol–water partition coefficient (Wildman–Crippen LogP) is 5.07. The lowest BCUT2D eigenvalue weighted by Gasteiger charge is -2.23. The molecule has 6 heteroatoms. The number of nitrogens with zero attached hydrogens (tertiary/aromatic N) is 1. The zero-order chi connectivity index (χ0) is 21.3. The first-order valence-electron chi connectivity index (χ1n) is 10.7. The molecular formula is C24H31N3O2S. The molecule has 1 aliphatic heterocycles. The van der Waals surface area contributed by atoms with Crippen molar-refractivity contribution in [2.24, 2.45) is 0 Å². The Kier molecular flexibility index (Phi) is 8.20. The third-order valence-electron chi connectivity index (χ3n) is 5.28. The van der Waals surface area contributed by atoms with Gasteiger partial charge in [0.1, 0.15) is 0 Å². The van der Waals surface area contributed by atoms with Crippen molar-refractivity contribution in [1.82, 2.24) is 0 Å². The van der Waals surface area contributed by atoms with Gasteiger partial charge in [0.15, 0.2) is 0 Å². The second-order valence-corrected chi connectivity index (χ2v) is 9.13. The number of aryl methyl sites for hydroxylation is 1. The first-order chi connectivity index (χ1) is 14.5. The Hall–Kier alpha value is -2.47. The summed E-state index contributed by atoms with van der Waals surface area (Å²) < 4.78 is 0. The highest BCUT2D eigenvalue weighted by atomic mass is 32.2. The summed E-state index contributed by atoms with van der Waals surface area (Å²) in [5.41, 5.74) is 3.92. The van der Waals surface area contributed by atoms with Crippen molar-refractivity contribution in [1.29, 1.82) is 0 Å². The first kappa shape index (κ1) is 22.2. The highest BCUT2D eigenvalue weighted by Crippen LogP contribution is 2.22. The number of anilines is 3. The summed E-state index contributed by atoms with van der Waals surface area (Å²) in [6, 6.07) is 15.7. The number of carbonyl (C=O) groups excluding carboxylic acids is 2. The number of amides is 2. The minimum atomic E-state index is -0.320. The number of nitrogens with one attached hydrogen (secondary N) is 2. The van der Waals surface area contributed by atoms with Gasteiger partial charge in [0.2, 0.25) is 11.8 Å². The Morgan fingerprint density at radius 1 is 0.900 bits per heavy atom. The van der Waals surface area contributed by atoms with E-state index >= 15 is 0 Å². The lowest BCUT2D eigenvalue weighted by molar-refractivity contribution is -0.115. The van der Waals surface area contributed by atoms with E-state index in [1.54, 1.807) is 0 Å². The molecule has 1 saturated heterocycles. The predicted molar refractivity (Wildman–Crippen MR) is 127 cm³/mol. The van der Waals surface area contributed by atoms with E-state index in [0.29, 0.717) is 0 Å². The molecule has 1 fully saturated rings. The summed E-state index contributed by atoms with van der Waals surface area (Å²) in [4.78, 5) is 27.0. The van der Waals surface area contributed by atoms with Gasteiger partial charge >= 0.3 is 0 Å². The fourth-order valence-electron chi connectivity index (χ4n) is 3.44. The molecule has 2 N–H and O–H groups in total. The molecule has 1 aliphatic rings. The minimum Gasteiger partial charge on any atom is -0.372 e. The molecule has 0 unspecified atom stereocenters. The SMILES string of the molecule is Cc1ccc(NC(=O)CS[C@H](C)C(=O)Nc2ccc(N3CCCCCC3)cc2)cc1. The number of benzene rings is 2. The van der Waals surface area contributed by atoms with E-state index in [9.17, 15) is 9.59 Å². The Balaban J connectivity index is 1.44. The van der Waals surface area contributed by atoms with Crippen molar-refractivity contribution in [3.05, 3.63) is 54.1 Å². The fraction of sp³-hybridized carbons (Fsp3) is 0.417. The number of carbonyl (C=O) groups is 2. The zero-order valence-electron chi connectivity index (χ0n) is 17.8. The van der Waals surface area contributed by atoms with Crippen LogP contribution in [0.2, 0.25) is 0 Å². The maximum atomic E-state index is 12.5. The lowest BCUT2D eigenvalue weighted by Crippen LogP contribution is -2.25. The average molecular weight is 426 g/mol. The Morgan fingerprint density at radius 3 is 2.10 bits per heavy atom. The highest BCUT2D eigenvalue weighted by Gasteiger charge is 2.16. The summed E-state index contributed by atoms with van der Waals surface area (Å²) in [5.74, 6) is 0.0343. The number of thioether (sulfide) groups is 1. The molecule has 0 radical (unpaired) electrons. The molecule has 2 amide bonds. The van der Waals surface area contributed by atoms with E-state index in [1.165, 1.54) is 43.1 Å². The van der Waals surface area contributed by atoms with E-state index in [-0.39, 0.29) is 22.8 Å². The normalized spacial score (nSPS) is 15.2. The van der Waals surface area contributed by atoms with Crippen molar-refractivity contribution >= 4 is 40.6 Å². The largest absolute Gasteiger partial charge is 0.372 e. The molecule has 3 rings (SSSR count). The van der Waals surface area contributed by atoms with E-state index in [4.69, 9.17) is 0 Å². The van der Waals surface area contributed by atoms with Crippen molar-refractivity contribution in [2.75, 3.05) is 34.4 Å². The Labute approximate surface area is 183 Å². The zero-order valence-corrected chi connectivity index (χ0v) is 18.6. The van der Waals surface area contributed by atoms with Gasteiger partial charge in [-0.1, -0.05) is 30.5 Å². The fourth-order valence-corrected chi connectivity index (χ4v) is 4.12.